The number of nitrogens with two attached hydrogens (primary N) is 1. The third kappa shape index (κ3) is 11.5. The van der Waals surface area contributed by atoms with Gasteiger partial charge in [-0.2, -0.15) is 9.97 Å². The van der Waals surface area contributed by atoms with Crippen LogP contribution in [0.15, 0.2) is 30.5 Å². The van der Waals surface area contributed by atoms with E-state index in [2.05, 4.69) is 46.5 Å². The van der Waals surface area contributed by atoms with Crippen LogP contribution in [-0.2, 0) is 4.79 Å². The van der Waals surface area contributed by atoms with E-state index in [-0.39, 0.29) is 57.4 Å². The van der Waals surface area contributed by atoms with Crippen molar-refractivity contribution in [1.29, 1.82) is 0 Å². The number of terminal acetylenes is 1. The first kappa shape index (κ1) is 46.0. The van der Waals surface area contributed by atoms with Crippen molar-refractivity contribution in [2.24, 2.45) is 17.6 Å². The monoisotopic (exact) mass is 843 g/mol. The molecule has 2 aromatic carbocycles. The van der Waals surface area contributed by atoms with Gasteiger partial charge in [-0.1, -0.05) is 97.0 Å². The molecule has 0 amide bonds. The van der Waals surface area contributed by atoms with Crippen molar-refractivity contribution in [2.75, 3.05) is 38.2 Å². The Morgan fingerprint density at radius 1 is 0.984 bits per heavy atom. The molecule has 9 nitrogen and oxygen atoms in total. The van der Waals surface area contributed by atoms with E-state index in [1.807, 2.05) is 4.90 Å². The number of fused-ring (bicyclic) bond motifs is 3. The Balaban J connectivity index is 0.000000605. The fourth-order valence-electron chi connectivity index (χ4n) is 9.51. The van der Waals surface area contributed by atoms with Gasteiger partial charge in [0.05, 0.1) is 24.0 Å². The van der Waals surface area contributed by atoms with Crippen LogP contribution in [0.2, 0.25) is 0 Å². The van der Waals surface area contributed by atoms with Crippen molar-refractivity contribution in [2.45, 2.75) is 142 Å². The molecule has 3 aliphatic rings. The van der Waals surface area contributed by atoms with Crippen molar-refractivity contribution in [3.8, 4) is 35.4 Å². The second-order valence-corrected chi connectivity index (χ2v) is 17.5. The van der Waals surface area contributed by atoms with Gasteiger partial charge >= 0.3 is 12.0 Å². The minimum atomic E-state index is -0.761. The Kier molecular flexibility index (Phi) is 16.6. The minimum absolute atomic E-state index is 0.0106. The fourth-order valence-corrected chi connectivity index (χ4v) is 9.51. The molecular formula is C49H65F3N6O3. The maximum Gasteiger partial charge on any atom is 0.318 e. The van der Waals surface area contributed by atoms with Gasteiger partial charge in [-0.3, -0.25) is 14.7 Å². The molecule has 3 saturated heterocycles. The predicted octanol–water partition coefficient (Wildman–Crippen LogP) is 10.7. The zero-order chi connectivity index (χ0) is 43.5. The van der Waals surface area contributed by atoms with E-state index < -0.39 is 17.8 Å². The number of benzene rings is 2. The highest BCUT2D eigenvalue weighted by molar-refractivity contribution is 6.03. The van der Waals surface area contributed by atoms with Gasteiger partial charge in [-0.15, -0.1) is 6.42 Å². The topological polar surface area (TPSA) is 107 Å². The SMILES string of the molecule is C#Cc1c(F)ccc2cc(OC(=O)C(CCCCCC)CCCCCCCC)cc(-c3ncc4c(N5CC(C)CC(N)C5)nc(OC)nc4c3F)c12.F[C@@H]1CC2CCCN2C1. The van der Waals surface area contributed by atoms with Gasteiger partial charge in [0.1, 0.15) is 34.8 Å². The van der Waals surface area contributed by atoms with Crippen LogP contribution in [0.1, 0.15) is 129 Å². The number of rotatable bonds is 17. The number of anilines is 1. The van der Waals surface area contributed by atoms with E-state index >= 15 is 8.78 Å². The lowest BCUT2D eigenvalue weighted by Gasteiger charge is -2.36. The summed E-state index contributed by atoms with van der Waals surface area (Å²) >= 11 is 0. The Morgan fingerprint density at radius 2 is 1.70 bits per heavy atom. The van der Waals surface area contributed by atoms with Gasteiger partial charge in [0.2, 0.25) is 0 Å². The van der Waals surface area contributed by atoms with Crippen LogP contribution >= 0.6 is 0 Å². The third-order valence-electron chi connectivity index (χ3n) is 12.6. The number of carbonyl (C=O) groups is 1. The van der Waals surface area contributed by atoms with Crippen LogP contribution in [0.4, 0.5) is 19.0 Å². The van der Waals surface area contributed by atoms with Crippen LogP contribution in [0, 0.1) is 35.8 Å². The maximum atomic E-state index is 16.9. The molecule has 0 saturated carbocycles. The van der Waals surface area contributed by atoms with Crippen molar-refractivity contribution < 1.29 is 27.4 Å². The molecule has 3 aliphatic heterocycles. The van der Waals surface area contributed by atoms with Crippen LogP contribution < -0.4 is 20.1 Å². The van der Waals surface area contributed by atoms with Crippen molar-refractivity contribution in [3.63, 3.8) is 0 Å². The molecule has 5 heterocycles. The Bertz CT molecular complexity index is 2120. The number of unbranched alkanes of at least 4 members (excludes halogenated alkanes) is 8. The summed E-state index contributed by atoms with van der Waals surface area (Å²) in [7, 11) is 1.42. The number of nitrogens with zero attached hydrogens (tertiary/aromatic N) is 5. The largest absolute Gasteiger partial charge is 0.467 e. The fraction of sp³-hybridized carbons (Fsp3) is 0.592. The smallest absolute Gasteiger partial charge is 0.318 e. The number of esters is 1. The molecule has 3 fully saturated rings. The lowest BCUT2D eigenvalue weighted by molar-refractivity contribution is -0.139. The third-order valence-corrected chi connectivity index (χ3v) is 12.6. The number of hydrogen-bond acceptors (Lipinski definition) is 9. The summed E-state index contributed by atoms with van der Waals surface area (Å²) < 4.78 is 56.2. The van der Waals surface area contributed by atoms with E-state index in [1.54, 1.807) is 12.1 Å². The van der Waals surface area contributed by atoms with E-state index in [4.69, 9.17) is 21.6 Å². The van der Waals surface area contributed by atoms with E-state index in [0.717, 1.165) is 77.2 Å². The highest BCUT2D eigenvalue weighted by atomic mass is 19.1. The summed E-state index contributed by atoms with van der Waals surface area (Å²) in [6.45, 7) is 9.54. The van der Waals surface area contributed by atoms with Gasteiger partial charge in [-0.05, 0) is 74.6 Å². The number of carbonyl (C=O) groups excluding carboxylic acids is 1. The van der Waals surface area contributed by atoms with Crippen LogP contribution in [-0.4, -0.2) is 77.4 Å². The maximum absolute atomic E-state index is 16.9. The molecule has 2 N–H and O–H groups in total. The number of alkyl halides is 1. The zero-order valence-electron chi connectivity index (χ0n) is 36.7. The van der Waals surface area contributed by atoms with Crippen molar-refractivity contribution >= 4 is 33.5 Å². The zero-order valence-corrected chi connectivity index (χ0v) is 36.7. The molecule has 330 valence electrons. The quantitative estimate of drug-likeness (QED) is 0.0481. The predicted molar refractivity (Wildman–Crippen MR) is 239 cm³/mol. The molecule has 0 spiro atoms. The molecule has 2 aromatic heterocycles. The number of aromatic nitrogens is 3. The van der Waals surface area contributed by atoms with Crippen LogP contribution in [0.5, 0.6) is 11.8 Å². The van der Waals surface area contributed by atoms with Crippen molar-refractivity contribution in [3.05, 3.63) is 47.7 Å². The summed E-state index contributed by atoms with van der Waals surface area (Å²) in [4.78, 5) is 31.6. The highest BCUT2D eigenvalue weighted by Crippen LogP contribution is 2.40. The summed E-state index contributed by atoms with van der Waals surface area (Å²) in [5.74, 6) is 1.44. The molecule has 4 aromatic rings. The Hall–Kier alpha value is -4.47. The number of halogens is 3. The van der Waals surface area contributed by atoms with E-state index in [1.165, 1.54) is 57.5 Å². The van der Waals surface area contributed by atoms with Crippen LogP contribution in [0.25, 0.3) is 32.9 Å². The molecule has 7 rings (SSSR count). The van der Waals surface area contributed by atoms with E-state index in [9.17, 15) is 9.18 Å². The first-order valence-electron chi connectivity index (χ1n) is 22.8. The molecule has 61 heavy (non-hydrogen) atoms. The minimum Gasteiger partial charge on any atom is -0.467 e. The lowest BCUT2D eigenvalue weighted by atomic mass is 9.94. The van der Waals surface area contributed by atoms with Gasteiger partial charge in [0, 0.05) is 48.9 Å². The first-order chi connectivity index (χ1) is 29.5. The lowest BCUT2D eigenvalue weighted by Crippen LogP contribution is -2.46. The summed E-state index contributed by atoms with van der Waals surface area (Å²) in [5.41, 5.74) is 6.37. The van der Waals surface area contributed by atoms with Gasteiger partial charge in [0.25, 0.3) is 0 Å². The Labute approximate surface area is 360 Å². The molecule has 0 bridgehead atoms. The Morgan fingerprint density at radius 3 is 2.39 bits per heavy atom. The number of piperidine rings is 1. The number of pyridine rings is 1. The molecular weight excluding hydrogens is 778 g/mol. The van der Waals surface area contributed by atoms with Crippen molar-refractivity contribution in [1.82, 2.24) is 19.9 Å². The molecule has 0 radical (unpaired) electrons. The molecule has 0 aliphatic carbocycles. The average Bonchev–Trinajstić information content (AvgIpc) is 3.83. The standard InChI is InChI=1S/C42H53F2N5O3.C7H12FN/c1-6-9-11-13-14-16-18-28(17-15-12-10-7-2)41(50)52-31-22-29-19-20-35(43)32(8-3)36(29)33(23-31)38-37(44)39-34(24-46-38)40(48-42(47-39)51-5)49-25-27(4)21-30(45)26-49;8-6-4-7-2-1-3-9(7)5-6/h3,19-20,22-24,27-28,30H,6-7,9-18,21,25-26,45H2,1-2,4-5H3;6-7H,1-5H2/t;6-,7?/m.1/s1. The first-order valence-corrected chi connectivity index (χ1v) is 22.8. The number of ether oxygens (including phenoxy) is 2. The molecule has 12 heteroatoms. The van der Waals surface area contributed by atoms with E-state index in [0.29, 0.717) is 48.2 Å². The van der Waals surface area contributed by atoms with Crippen LogP contribution in [0.3, 0.4) is 0 Å². The number of methoxy groups -OCH3 is 1. The summed E-state index contributed by atoms with van der Waals surface area (Å²) in [6, 6.07) is 6.52. The normalized spacial score (nSPS) is 20.6. The van der Waals surface area contributed by atoms with Gasteiger partial charge in [0.15, 0.2) is 5.82 Å². The summed E-state index contributed by atoms with van der Waals surface area (Å²) in [5, 5.41) is 1.16. The average molecular weight is 843 g/mol. The molecule has 5 atom stereocenters. The summed E-state index contributed by atoms with van der Waals surface area (Å²) in [6.07, 6.45) is 23.5. The second-order valence-electron chi connectivity index (χ2n) is 17.5. The van der Waals surface area contributed by atoms with Gasteiger partial charge < -0.3 is 20.1 Å². The number of hydrogen-bond donors (Lipinski definition) is 1. The molecule has 4 unspecified atom stereocenters. The van der Waals surface area contributed by atoms with Gasteiger partial charge in [-0.25, -0.2) is 13.2 Å². The second kappa shape index (κ2) is 22.1. The highest BCUT2D eigenvalue weighted by Gasteiger charge is 2.35.